The molecule has 0 spiro atoms. The van der Waals surface area contributed by atoms with Gasteiger partial charge in [0.2, 0.25) is 11.7 Å². The molecular formula is C12H15N7O2S2. The maximum Gasteiger partial charge on any atom is 0.291 e. The largest absolute Gasteiger partial charge is 0.338 e. The second kappa shape index (κ2) is 7.04. The van der Waals surface area contributed by atoms with Crippen LogP contribution in [0.1, 0.15) is 15.6 Å². The van der Waals surface area contributed by atoms with Crippen molar-refractivity contribution in [3.05, 3.63) is 17.2 Å². The first-order valence-electron chi connectivity index (χ1n) is 6.99. The molecule has 9 nitrogen and oxygen atoms in total. The van der Waals surface area contributed by atoms with Gasteiger partial charge in [-0.05, 0) is 6.92 Å². The quantitative estimate of drug-likeness (QED) is 0.773. The van der Waals surface area contributed by atoms with E-state index < -0.39 is 0 Å². The molecule has 1 aliphatic heterocycles. The van der Waals surface area contributed by atoms with Crippen molar-refractivity contribution in [2.75, 3.05) is 31.9 Å². The van der Waals surface area contributed by atoms with Crippen molar-refractivity contribution < 1.29 is 9.59 Å². The Morgan fingerprint density at radius 3 is 2.61 bits per heavy atom. The molecule has 1 aliphatic rings. The van der Waals surface area contributed by atoms with E-state index in [0.29, 0.717) is 31.9 Å². The highest BCUT2D eigenvalue weighted by Gasteiger charge is 2.26. The molecule has 0 bridgehead atoms. The number of hydrogen-bond donors (Lipinski definition) is 1. The summed E-state index contributed by atoms with van der Waals surface area (Å²) in [6.07, 6.45) is 1.30. The van der Waals surface area contributed by atoms with Crippen LogP contribution in [0.4, 0.5) is 0 Å². The Hall–Kier alpha value is -2.01. The molecule has 0 aromatic carbocycles. The molecule has 23 heavy (non-hydrogen) atoms. The van der Waals surface area contributed by atoms with Crippen LogP contribution in [0, 0.1) is 6.92 Å². The lowest BCUT2D eigenvalue weighted by atomic mass is 10.3. The van der Waals surface area contributed by atoms with E-state index in [1.54, 1.807) is 9.80 Å². The molecule has 1 N–H and O–H groups in total. The van der Waals surface area contributed by atoms with Crippen molar-refractivity contribution in [1.29, 1.82) is 0 Å². The number of amides is 2. The first kappa shape index (κ1) is 15.9. The fourth-order valence-corrected chi connectivity index (χ4v) is 3.89. The normalized spacial score (nSPS) is 15.0. The number of nitrogens with one attached hydrogen (secondary N) is 1. The molecule has 0 radical (unpaired) electrons. The Morgan fingerprint density at radius 1 is 1.26 bits per heavy atom. The summed E-state index contributed by atoms with van der Waals surface area (Å²) in [5, 5.41) is 15.0. The van der Waals surface area contributed by atoms with Gasteiger partial charge in [0.1, 0.15) is 11.3 Å². The van der Waals surface area contributed by atoms with Crippen LogP contribution in [-0.2, 0) is 4.79 Å². The molecule has 11 heteroatoms. The smallest absolute Gasteiger partial charge is 0.291 e. The lowest BCUT2D eigenvalue weighted by Crippen LogP contribution is -2.51. The van der Waals surface area contributed by atoms with Gasteiger partial charge < -0.3 is 9.80 Å². The summed E-state index contributed by atoms with van der Waals surface area (Å²) in [6, 6.07) is 0. The molecule has 0 unspecified atom stereocenters. The number of hydrogen-bond acceptors (Lipinski definition) is 8. The van der Waals surface area contributed by atoms with E-state index in [4.69, 9.17) is 0 Å². The van der Waals surface area contributed by atoms with E-state index in [0.717, 1.165) is 9.35 Å². The van der Waals surface area contributed by atoms with Gasteiger partial charge >= 0.3 is 0 Å². The Bertz CT molecular complexity index is 679. The molecule has 122 valence electrons. The van der Waals surface area contributed by atoms with Crippen molar-refractivity contribution in [3.8, 4) is 0 Å². The number of aromatic nitrogens is 5. The summed E-state index contributed by atoms with van der Waals surface area (Å²) in [4.78, 5) is 31.6. The third kappa shape index (κ3) is 3.85. The maximum absolute atomic E-state index is 12.2. The minimum Gasteiger partial charge on any atom is -0.338 e. The first-order valence-corrected chi connectivity index (χ1v) is 8.79. The molecule has 0 aliphatic carbocycles. The van der Waals surface area contributed by atoms with Crippen LogP contribution in [-0.4, -0.2) is 78.9 Å². The van der Waals surface area contributed by atoms with E-state index >= 15 is 0 Å². The van der Waals surface area contributed by atoms with Crippen molar-refractivity contribution in [2.45, 2.75) is 11.3 Å². The highest BCUT2D eigenvalue weighted by atomic mass is 32.2. The minimum absolute atomic E-state index is 0.0506. The van der Waals surface area contributed by atoms with Gasteiger partial charge in [-0.1, -0.05) is 23.1 Å². The predicted molar refractivity (Wildman–Crippen MR) is 84.2 cm³/mol. The molecular weight excluding hydrogens is 338 g/mol. The SMILES string of the molecule is Cc1nnc(SCC(=O)N2CCN(C(=O)c3ncn[nH]3)CC2)s1. The summed E-state index contributed by atoms with van der Waals surface area (Å²) in [6.45, 7) is 3.92. The van der Waals surface area contributed by atoms with Gasteiger partial charge in [0.25, 0.3) is 5.91 Å². The van der Waals surface area contributed by atoms with Crippen LogP contribution >= 0.6 is 23.1 Å². The second-order valence-corrected chi connectivity index (χ2v) is 7.29. The molecule has 3 heterocycles. The zero-order chi connectivity index (χ0) is 16.2. The van der Waals surface area contributed by atoms with Crippen molar-refractivity contribution in [3.63, 3.8) is 0 Å². The molecule has 0 atom stereocenters. The van der Waals surface area contributed by atoms with Crippen LogP contribution < -0.4 is 0 Å². The number of carbonyl (C=O) groups excluding carboxylic acids is 2. The summed E-state index contributed by atoms with van der Waals surface area (Å²) in [5.74, 6) is 0.430. The van der Waals surface area contributed by atoms with Crippen LogP contribution in [0.25, 0.3) is 0 Å². The second-order valence-electron chi connectivity index (χ2n) is 4.88. The number of aryl methyl sites for hydroxylation is 1. The molecule has 0 saturated carbocycles. The number of rotatable bonds is 4. The number of piperazine rings is 1. The van der Waals surface area contributed by atoms with Gasteiger partial charge in [0, 0.05) is 26.2 Å². The van der Waals surface area contributed by atoms with Crippen LogP contribution in [0.3, 0.4) is 0 Å². The third-order valence-corrected chi connectivity index (χ3v) is 5.32. The monoisotopic (exact) mass is 353 g/mol. The lowest BCUT2D eigenvalue weighted by Gasteiger charge is -2.34. The summed E-state index contributed by atoms with van der Waals surface area (Å²) in [5.41, 5.74) is 0. The zero-order valence-electron chi connectivity index (χ0n) is 12.4. The first-order chi connectivity index (χ1) is 11.1. The van der Waals surface area contributed by atoms with E-state index in [1.165, 1.54) is 29.4 Å². The summed E-state index contributed by atoms with van der Waals surface area (Å²) < 4.78 is 0.801. The van der Waals surface area contributed by atoms with Gasteiger partial charge in [0.05, 0.1) is 5.75 Å². The molecule has 2 aromatic heterocycles. The van der Waals surface area contributed by atoms with Crippen LogP contribution in [0.15, 0.2) is 10.7 Å². The molecule has 1 fully saturated rings. The standard InChI is InChI=1S/C12H15N7O2S2/c1-8-15-17-12(23-8)22-6-9(20)18-2-4-19(5-3-18)11(21)10-13-7-14-16-10/h7H,2-6H2,1H3,(H,13,14,16). The topological polar surface area (TPSA) is 108 Å². The number of thioether (sulfide) groups is 1. The Balaban J connectivity index is 1.46. The van der Waals surface area contributed by atoms with E-state index in [2.05, 4.69) is 25.4 Å². The fraction of sp³-hybridized carbons (Fsp3) is 0.500. The maximum atomic E-state index is 12.2. The van der Waals surface area contributed by atoms with Crippen LogP contribution in [0.5, 0.6) is 0 Å². The lowest BCUT2D eigenvalue weighted by molar-refractivity contribution is -0.129. The Kier molecular flexibility index (Phi) is 4.86. The average molecular weight is 353 g/mol. The molecule has 2 aromatic rings. The van der Waals surface area contributed by atoms with Gasteiger partial charge in [-0.25, -0.2) is 4.98 Å². The Morgan fingerprint density at radius 2 is 2.00 bits per heavy atom. The molecule has 2 amide bonds. The van der Waals surface area contributed by atoms with Crippen molar-refractivity contribution >= 4 is 34.9 Å². The molecule has 3 rings (SSSR count). The van der Waals surface area contributed by atoms with Gasteiger partial charge in [-0.3, -0.25) is 14.7 Å². The highest BCUT2D eigenvalue weighted by Crippen LogP contribution is 2.22. The van der Waals surface area contributed by atoms with Gasteiger partial charge in [0.15, 0.2) is 4.34 Å². The van der Waals surface area contributed by atoms with E-state index in [1.807, 2.05) is 6.92 Å². The number of nitrogens with zero attached hydrogens (tertiary/aromatic N) is 6. The van der Waals surface area contributed by atoms with Crippen molar-refractivity contribution in [2.24, 2.45) is 0 Å². The van der Waals surface area contributed by atoms with E-state index in [9.17, 15) is 9.59 Å². The third-order valence-electron chi connectivity index (χ3n) is 3.36. The van der Waals surface area contributed by atoms with Crippen LogP contribution in [0.2, 0.25) is 0 Å². The predicted octanol–water partition coefficient (Wildman–Crippen LogP) is 0.0413. The molecule has 1 saturated heterocycles. The fourth-order valence-electron chi connectivity index (χ4n) is 2.17. The van der Waals surface area contributed by atoms with E-state index in [-0.39, 0.29) is 17.6 Å². The number of aromatic amines is 1. The summed E-state index contributed by atoms with van der Waals surface area (Å²) >= 11 is 2.88. The van der Waals surface area contributed by atoms with Gasteiger partial charge in [-0.2, -0.15) is 5.10 Å². The Labute approximate surface area is 140 Å². The average Bonchev–Trinajstić information content (AvgIpc) is 3.24. The number of carbonyl (C=O) groups is 2. The minimum atomic E-state index is -0.187. The number of H-pyrrole nitrogens is 1. The zero-order valence-corrected chi connectivity index (χ0v) is 14.1. The van der Waals surface area contributed by atoms with Gasteiger partial charge in [-0.15, -0.1) is 10.2 Å². The summed E-state index contributed by atoms with van der Waals surface area (Å²) in [7, 11) is 0. The van der Waals surface area contributed by atoms with Crippen molar-refractivity contribution in [1.82, 2.24) is 35.2 Å². The highest BCUT2D eigenvalue weighted by molar-refractivity contribution is 8.01.